The zero-order chi connectivity index (χ0) is 17.6. The molecule has 1 aromatic carbocycles. The second-order valence-corrected chi connectivity index (χ2v) is 7.15. The van der Waals surface area contributed by atoms with E-state index in [1.807, 2.05) is 0 Å². The first-order valence-corrected chi connectivity index (χ1v) is 8.78. The summed E-state index contributed by atoms with van der Waals surface area (Å²) < 4.78 is 26.3. The minimum absolute atomic E-state index is 0.0701. The Bertz CT molecular complexity index is 674. The normalized spacial score (nSPS) is 14.2. The van der Waals surface area contributed by atoms with Gasteiger partial charge < -0.3 is 5.11 Å². The van der Waals surface area contributed by atoms with Gasteiger partial charge in [-0.05, 0) is 12.3 Å². The maximum Gasteiger partial charge on any atom is 0.322 e. The smallest absolute Gasteiger partial charge is 0.322 e. The fourth-order valence-electron chi connectivity index (χ4n) is 2.04. The van der Waals surface area contributed by atoms with Crippen LogP contribution in [-0.4, -0.2) is 36.2 Å². The minimum atomic E-state index is -3.88. The molecule has 9 heteroatoms. The summed E-state index contributed by atoms with van der Waals surface area (Å²) in [5, 5.41) is 20.0. The van der Waals surface area contributed by atoms with Gasteiger partial charge in [-0.15, -0.1) is 0 Å². The van der Waals surface area contributed by atoms with E-state index in [-0.39, 0.29) is 18.0 Å². The largest absolute Gasteiger partial charge is 0.480 e. The number of para-hydroxylation sites is 1. The van der Waals surface area contributed by atoms with Crippen LogP contribution in [0.5, 0.6) is 0 Å². The maximum atomic E-state index is 12.1. The number of carbonyl (C=O) groups is 1. The van der Waals surface area contributed by atoms with Crippen molar-refractivity contribution < 1.29 is 23.2 Å². The van der Waals surface area contributed by atoms with E-state index in [9.17, 15) is 23.3 Å². The molecule has 0 fully saturated rings. The van der Waals surface area contributed by atoms with E-state index < -0.39 is 32.7 Å². The lowest BCUT2D eigenvalue weighted by Crippen LogP contribution is -2.46. The van der Waals surface area contributed by atoms with Gasteiger partial charge in [0.05, 0.1) is 10.7 Å². The van der Waals surface area contributed by atoms with E-state index in [2.05, 4.69) is 4.72 Å². The molecule has 0 saturated carbocycles. The molecule has 0 aromatic heterocycles. The monoisotopic (exact) mass is 344 g/mol. The minimum Gasteiger partial charge on any atom is -0.480 e. The molecule has 0 saturated heterocycles. The number of carboxylic acid groups (broad SMARTS) is 1. The number of carboxylic acids is 1. The molecular weight excluding hydrogens is 324 g/mol. The number of benzene rings is 1. The highest BCUT2D eigenvalue weighted by molar-refractivity contribution is 7.89. The van der Waals surface area contributed by atoms with Crippen molar-refractivity contribution in [2.45, 2.75) is 32.7 Å². The van der Waals surface area contributed by atoms with Crippen molar-refractivity contribution >= 4 is 21.7 Å². The molecule has 0 amide bonds. The van der Waals surface area contributed by atoms with Crippen LogP contribution in [0.4, 0.5) is 5.69 Å². The van der Waals surface area contributed by atoms with Crippen molar-refractivity contribution in [2.75, 3.05) is 5.75 Å². The van der Waals surface area contributed by atoms with Crippen LogP contribution in [0.15, 0.2) is 24.3 Å². The molecule has 0 radical (unpaired) electrons. The summed E-state index contributed by atoms with van der Waals surface area (Å²) in [4.78, 5) is 21.5. The Morgan fingerprint density at radius 2 is 2.00 bits per heavy atom. The number of hydrogen-bond acceptors (Lipinski definition) is 5. The average Bonchev–Trinajstić information content (AvgIpc) is 2.50. The summed E-state index contributed by atoms with van der Waals surface area (Å²) >= 11 is 0. The van der Waals surface area contributed by atoms with Gasteiger partial charge in [0.1, 0.15) is 6.04 Å². The molecule has 1 aromatic rings. The van der Waals surface area contributed by atoms with Crippen LogP contribution in [0, 0.1) is 16.0 Å². The van der Waals surface area contributed by atoms with Gasteiger partial charge in [-0.1, -0.05) is 38.5 Å². The quantitative estimate of drug-likeness (QED) is 0.517. The lowest BCUT2D eigenvalue weighted by molar-refractivity contribution is -0.385. The third-order valence-corrected chi connectivity index (χ3v) is 4.97. The van der Waals surface area contributed by atoms with E-state index in [4.69, 9.17) is 5.11 Å². The Morgan fingerprint density at radius 1 is 1.39 bits per heavy atom. The molecule has 0 aliphatic rings. The van der Waals surface area contributed by atoms with Crippen molar-refractivity contribution in [3.05, 3.63) is 39.9 Å². The van der Waals surface area contributed by atoms with Crippen molar-refractivity contribution in [1.29, 1.82) is 0 Å². The summed E-state index contributed by atoms with van der Waals surface area (Å²) in [5.74, 6) is -2.03. The first-order valence-electron chi connectivity index (χ1n) is 7.13. The van der Waals surface area contributed by atoms with Crippen LogP contribution in [0.3, 0.4) is 0 Å². The summed E-state index contributed by atoms with van der Waals surface area (Å²) in [7, 11) is -3.88. The van der Waals surface area contributed by atoms with Gasteiger partial charge in [0.25, 0.3) is 5.69 Å². The molecule has 0 bridgehead atoms. The fourth-order valence-corrected chi connectivity index (χ4v) is 3.37. The van der Waals surface area contributed by atoms with Crippen LogP contribution in [0.2, 0.25) is 0 Å². The molecule has 1 rings (SSSR count). The number of hydrogen-bond donors (Lipinski definition) is 2. The number of rotatable bonds is 9. The second kappa shape index (κ2) is 8.02. The highest BCUT2D eigenvalue weighted by Crippen LogP contribution is 2.18. The molecule has 0 aliphatic carbocycles. The average molecular weight is 344 g/mol. The predicted molar refractivity (Wildman–Crippen MR) is 84.6 cm³/mol. The lowest BCUT2D eigenvalue weighted by Gasteiger charge is -2.20. The van der Waals surface area contributed by atoms with E-state index >= 15 is 0 Å². The zero-order valence-electron chi connectivity index (χ0n) is 12.9. The van der Waals surface area contributed by atoms with Gasteiger partial charge >= 0.3 is 5.97 Å². The Kier molecular flexibility index (Phi) is 6.64. The van der Waals surface area contributed by atoms with Gasteiger partial charge in [0.15, 0.2) is 0 Å². The number of nitro benzene ring substituents is 1. The van der Waals surface area contributed by atoms with Crippen LogP contribution >= 0.6 is 0 Å². The van der Waals surface area contributed by atoms with Gasteiger partial charge in [-0.25, -0.2) is 13.1 Å². The second-order valence-electron chi connectivity index (χ2n) is 5.27. The van der Waals surface area contributed by atoms with E-state index in [1.165, 1.54) is 18.2 Å². The molecule has 23 heavy (non-hydrogen) atoms. The Morgan fingerprint density at radius 3 is 2.52 bits per heavy atom. The van der Waals surface area contributed by atoms with Crippen LogP contribution < -0.4 is 4.72 Å². The fraction of sp³-hybridized carbons (Fsp3) is 0.500. The number of nitro groups is 1. The van der Waals surface area contributed by atoms with E-state index in [0.29, 0.717) is 12.0 Å². The van der Waals surface area contributed by atoms with Crippen LogP contribution in [0.1, 0.15) is 25.8 Å². The lowest BCUT2D eigenvalue weighted by atomic mass is 10.0. The van der Waals surface area contributed by atoms with Crippen LogP contribution in [-0.2, 0) is 21.2 Å². The highest BCUT2D eigenvalue weighted by atomic mass is 32.2. The Labute approximate surface area is 134 Å². The zero-order valence-corrected chi connectivity index (χ0v) is 13.7. The maximum absolute atomic E-state index is 12.1. The highest BCUT2D eigenvalue weighted by Gasteiger charge is 2.28. The van der Waals surface area contributed by atoms with Gasteiger partial charge in [0, 0.05) is 11.6 Å². The Balaban J connectivity index is 2.84. The molecule has 8 nitrogen and oxygen atoms in total. The molecule has 0 unspecified atom stereocenters. The summed E-state index contributed by atoms with van der Waals surface area (Å²) in [6, 6.07) is 4.65. The molecule has 0 aliphatic heterocycles. The van der Waals surface area contributed by atoms with E-state index in [1.54, 1.807) is 19.9 Å². The third kappa shape index (κ3) is 5.61. The number of nitrogens with one attached hydrogen (secondary N) is 1. The SMILES string of the molecule is CC[C@H](C)[C@H](NS(=O)(=O)CCc1ccccc1[N+](=O)[O-])C(=O)O. The number of nitrogens with zero attached hydrogens (tertiary/aromatic N) is 1. The van der Waals surface area contributed by atoms with Crippen molar-refractivity contribution in [1.82, 2.24) is 4.72 Å². The summed E-state index contributed by atoms with van der Waals surface area (Å²) in [6.07, 6.45) is 0.434. The molecule has 128 valence electrons. The predicted octanol–water partition coefficient (Wildman–Crippen LogP) is 1.56. The van der Waals surface area contributed by atoms with Gasteiger partial charge in [-0.2, -0.15) is 0 Å². The molecule has 2 atom stereocenters. The van der Waals surface area contributed by atoms with Crippen molar-refractivity contribution in [2.24, 2.45) is 5.92 Å². The molecule has 0 spiro atoms. The number of sulfonamides is 1. The van der Waals surface area contributed by atoms with Crippen LogP contribution in [0.25, 0.3) is 0 Å². The molecular formula is C14H20N2O6S. The Hall–Kier alpha value is -2.00. The van der Waals surface area contributed by atoms with Gasteiger partial charge in [0.2, 0.25) is 10.0 Å². The number of aryl methyl sites for hydroxylation is 1. The van der Waals surface area contributed by atoms with E-state index in [0.717, 1.165) is 0 Å². The molecule has 2 N–H and O–H groups in total. The third-order valence-electron chi connectivity index (χ3n) is 3.61. The summed E-state index contributed by atoms with van der Waals surface area (Å²) in [5.41, 5.74) is 0.137. The van der Waals surface area contributed by atoms with Crippen molar-refractivity contribution in [3.8, 4) is 0 Å². The first kappa shape index (κ1) is 19.0. The standard InChI is InChI=1S/C14H20N2O6S/c1-3-10(2)13(14(17)18)15-23(21,22)9-8-11-6-4-5-7-12(11)16(19)20/h4-7,10,13,15H,3,8-9H2,1-2H3,(H,17,18)/t10-,13-/m0/s1. The number of aliphatic carboxylic acids is 1. The van der Waals surface area contributed by atoms with Crippen molar-refractivity contribution in [3.63, 3.8) is 0 Å². The first-order chi connectivity index (χ1) is 10.7. The van der Waals surface area contributed by atoms with Gasteiger partial charge in [-0.3, -0.25) is 14.9 Å². The topological polar surface area (TPSA) is 127 Å². The summed E-state index contributed by atoms with van der Waals surface area (Å²) in [6.45, 7) is 3.41. The molecule has 0 heterocycles.